The molecular formula is C35H49ClFN5O6. The Morgan fingerprint density at radius 3 is 2.48 bits per heavy atom. The van der Waals surface area contributed by atoms with E-state index in [0.717, 1.165) is 25.7 Å². The minimum Gasteiger partial charge on any atom is -0.387 e. The number of hydrogen-bond acceptors (Lipinski definition) is 8. The highest BCUT2D eigenvalue weighted by molar-refractivity contribution is 6.38. The van der Waals surface area contributed by atoms with Gasteiger partial charge in [-0.3, -0.25) is 24.1 Å². The number of rotatable bonds is 13. The lowest BCUT2D eigenvalue weighted by Gasteiger charge is -2.37. The van der Waals surface area contributed by atoms with Gasteiger partial charge >= 0.3 is 0 Å². The van der Waals surface area contributed by atoms with Crippen molar-refractivity contribution in [2.75, 3.05) is 26.3 Å². The number of likely N-dealkylation sites (tertiary alicyclic amines) is 1. The number of ketones is 1. The first-order chi connectivity index (χ1) is 22.7. The van der Waals surface area contributed by atoms with E-state index in [1.807, 2.05) is 32.6 Å². The molecule has 5 rings (SSSR count). The van der Waals surface area contributed by atoms with Crippen LogP contribution in [0.4, 0.5) is 4.39 Å². The van der Waals surface area contributed by atoms with Crippen molar-refractivity contribution < 1.29 is 33.1 Å². The van der Waals surface area contributed by atoms with Crippen molar-refractivity contribution in [2.24, 2.45) is 16.5 Å². The lowest BCUT2D eigenvalue weighted by molar-refractivity contribution is -0.140. The van der Waals surface area contributed by atoms with Gasteiger partial charge < -0.3 is 25.5 Å². The predicted molar refractivity (Wildman–Crippen MR) is 179 cm³/mol. The highest BCUT2D eigenvalue weighted by Gasteiger charge is 2.53. The molecule has 4 aliphatic rings. The Morgan fingerprint density at radius 2 is 1.83 bits per heavy atom. The van der Waals surface area contributed by atoms with E-state index in [2.05, 4.69) is 21.1 Å². The molecule has 3 aliphatic heterocycles. The SMILES string of the molecule is CCC[C@H](NC(=O)[C@@H]1C[C@]2(CC(c3cc(F)cc(Cl)c3)=NO2)CN1C[C@@H](NC(=O)CC1CCOCC1)C(C)(C)C)C(=O)C(=O)NC1CC1. The largest absolute Gasteiger partial charge is 0.387 e. The van der Waals surface area contributed by atoms with Crippen molar-refractivity contribution in [2.45, 2.75) is 115 Å². The van der Waals surface area contributed by atoms with Gasteiger partial charge in [0.15, 0.2) is 5.60 Å². The fourth-order valence-corrected chi connectivity index (χ4v) is 6.99. The van der Waals surface area contributed by atoms with Crippen LogP contribution in [-0.2, 0) is 28.8 Å². The van der Waals surface area contributed by atoms with Crippen LogP contribution < -0.4 is 16.0 Å². The third-order valence-electron chi connectivity index (χ3n) is 9.79. The Morgan fingerprint density at radius 1 is 1.10 bits per heavy atom. The van der Waals surface area contributed by atoms with Crippen LogP contribution in [0.25, 0.3) is 0 Å². The van der Waals surface area contributed by atoms with E-state index >= 15 is 0 Å². The molecule has 0 radical (unpaired) electrons. The summed E-state index contributed by atoms with van der Waals surface area (Å²) in [5.74, 6) is -2.01. The minimum absolute atomic E-state index is 0.0160. The highest BCUT2D eigenvalue weighted by atomic mass is 35.5. The molecule has 3 fully saturated rings. The van der Waals surface area contributed by atoms with Crippen molar-refractivity contribution >= 4 is 40.8 Å². The molecule has 0 unspecified atom stereocenters. The van der Waals surface area contributed by atoms with E-state index in [4.69, 9.17) is 21.2 Å². The third-order valence-corrected chi connectivity index (χ3v) is 10.0. The molecule has 3 N–H and O–H groups in total. The Hall–Kier alpha value is -3.09. The number of benzene rings is 1. The normalized spacial score (nSPS) is 24.5. The monoisotopic (exact) mass is 689 g/mol. The van der Waals surface area contributed by atoms with Gasteiger partial charge in [0.2, 0.25) is 17.6 Å². The Bertz CT molecular complexity index is 1390. The van der Waals surface area contributed by atoms with Gasteiger partial charge in [-0.25, -0.2) is 4.39 Å². The predicted octanol–water partition coefficient (Wildman–Crippen LogP) is 3.90. The van der Waals surface area contributed by atoms with E-state index in [9.17, 15) is 23.6 Å². The summed E-state index contributed by atoms with van der Waals surface area (Å²) in [6.45, 7) is 9.98. The fourth-order valence-electron chi connectivity index (χ4n) is 6.77. The van der Waals surface area contributed by atoms with Crippen LogP contribution in [0.15, 0.2) is 23.4 Å². The lowest BCUT2D eigenvalue weighted by atomic mass is 9.85. The number of amides is 3. The molecule has 11 nitrogen and oxygen atoms in total. The van der Waals surface area contributed by atoms with Gasteiger partial charge in [-0.05, 0) is 61.6 Å². The molecule has 3 heterocycles. The van der Waals surface area contributed by atoms with Gasteiger partial charge in [0, 0.05) is 68.2 Å². The van der Waals surface area contributed by atoms with Crippen LogP contribution in [0.1, 0.15) is 91.0 Å². The zero-order valence-electron chi connectivity index (χ0n) is 28.4. The number of oxime groups is 1. The van der Waals surface area contributed by atoms with Crippen molar-refractivity contribution in [3.05, 3.63) is 34.6 Å². The van der Waals surface area contributed by atoms with E-state index in [1.165, 1.54) is 12.1 Å². The summed E-state index contributed by atoms with van der Waals surface area (Å²) in [5, 5.41) is 13.4. The first-order valence-corrected chi connectivity index (χ1v) is 17.6. The number of ether oxygens (including phenoxy) is 1. The fraction of sp³-hybridized carbons (Fsp3) is 0.686. The Kier molecular flexibility index (Phi) is 11.5. The molecule has 2 saturated heterocycles. The van der Waals surface area contributed by atoms with Gasteiger partial charge in [0.1, 0.15) is 5.82 Å². The first kappa shape index (κ1) is 36.2. The number of hydrogen-bond donors (Lipinski definition) is 3. The molecular weight excluding hydrogens is 641 g/mol. The maximum absolute atomic E-state index is 14.2. The molecule has 0 bridgehead atoms. The number of nitrogens with zero attached hydrogens (tertiary/aromatic N) is 2. The van der Waals surface area contributed by atoms with Gasteiger partial charge in [0.25, 0.3) is 5.91 Å². The van der Waals surface area contributed by atoms with E-state index in [-0.39, 0.29) is 40.8 Å². The molecule has 1 aromatic carbocycles. The maximum atomic E-state index is 14.2. The second-order valence-corrected chi connectivity index (χ2v) is 15.4. The van der Waals surface area contributed by atoms with Gasteiger partial charge in [-0.15, -0.1) is 0 Å². The van der Waals surface area contributed by atoms with Crippen LogP contribution in [0.3, 0.4) is 0 Å². The van der Waals surface area contributed by atoms with Crippen LogP contribution >= 0.6 is 11.6 Å². The molecule has 1 saturated carbocycles. The summed E-state index contributed by atoms with van der Waals surface area (Å²) in [5.41, 5.74) is -0.247. The van der Waals surface area contributed by atoms with Crippen molar-refractivity contribution in [3.63, 3.8) is 0 Å². The molecule has 13 heteroatoms. The van der Waals surface area contributed by atoms with Crippen molar-refractivity contribution in [1.29, 1.82) is 0 Å². The average Bonchev–Trinajstić information content (AvgIpc) is 3.62. The van der Waals surface area contributed by atoms with Crippen LogP contribution in [0.2, 0.25) is 5.02 Å². The highest BCUT2D eigenvalue weighted by Crippen LogP contribution is 2.40. The molecule has 1 aromatic rings. The summed E-state index contributed by atoms with van der Waals surface area (Å²) >= 11 is 6.13. The standard InChI is InChI=1S/C35H49ClFN5O6/c1-5-6-26(31(44)33(46)38-25-7-8-25)39-32(45)28-18-35(17-27(41-48-35)22-14-23(36)16-24(37)15-22)20-42(28)19-29(34(2,3)4)40-30(43)13-21-9-11-47-12-10-21/h14-16,21,25-26,28-29H,5-13,17-20H2,1-4H3,(H,38,46)(H,39,45)(H,40,43)/t26-,28-,29+,35+/m0/s1. The second kappa shape index (κ2) is 15.2. The second-order valence-electron chi connectivity index (χ2n) is 15.0. The molecule has 264 valence electrons. The van der Waals surface area contributed by atoms with Crippen molar-refractivity contribution in [3.8, 4) is 0 Å². The van der Waals surface area contributed by atoms with Crippen LogP contribution in [-0.4, -0.2) is 90.2 Å². The van der Waals surface area contributed by atoms with Gasteiger partial charge in [-0.2, -0.15) is 0 Å². The van der Waals surface area contributed by atoms with Gasteiger partial charge in [-0.1, -0.05) is 50.9 Å². The summed E-state index contributed by atoms with van der Waals surface area (Å²) in [4.78, 5) is 61.2. The summed E-state index contributed by atoms with van der Waals surface area (Å²) in [6.07, 6.45) is 5.24. The molecule has 48 heavy (non-hydrogen) atoms. The van der Waals surface area contributed by atoms with Crippen LogP contribution in [0.5, 0.6) is 0 Å². The number of carbonyl (C=O) groups is 4. The smallest absolute Gasteiger partial charge is 0.289 e. The minimum atomic E-state index is -0.969. The maximum Gasteiger partial charge on any atom is 0.289 e. The number of Topliss-reactive ketones (excluding diaryl/α,β-unsaturated/α-hetero) is 1. The molecule has 0 aromatic heterocycles. The van der Waals surface area contributed by atoms with E-state index in [1.54, 1.807) is 6.07 Å². The summed E-state index contributed by atoms with van der Waals surface area (Å²) in [7, 11) is 0. The Balaban J connectivity index is 1.35. The topological polar surface area (TPSA) is 138 Å². The quantitative estimate of drug-likeness (QED) is 0.267. The molecule has 3 amide bonds. The van der Waals surface area contributed by atoms with E-state index < -0.39 is 41.1 Å². The lowest BCUT2D eigenvalue weighted by Crippen LogP contribution is -2.56. The van der Waals surface area contributed by atoms with E-state index in [0.29, 0.717) is 63.3 Å². The average molecular weight is 690 g/mol. The van der Waals surface area contributed by atoms with Crippen LogP contribution in [0, 0.1) is 17.2 Å². The number of halogens is 2. The number of carbonyl (C=O) groups excluding carboxylic acids is 4. The van der Waals surface area contributed by atoms with Crippen molar-refractivity contribution in [1.82, 2.24) is 20.9 Å². The molecule has 1 spiro atoms. The first-order valence-electron chi connectivity index (χ1n) is 17.2. The molecule has 4 atom stereocenters. The summed E-state index contributed by atoms with van der Waals surface area (Å²) in [6, 6.07) is 2.17. The third kappa shape index (κ3) is 9.32. The van der Waals surface area contributed by atoms with Gasteiger partial charge in [0.05, 0.1) is 17.8 Å². The zero-order chi connectivity index (χ0) is 34.6. The number of nitrogens with one attached hydrogen (secondary N) is 3. The summed E-state index contributed by atoms with van der Waals surface area (Å²) < 4.78 is 19.7. The molecule has 1 aliphatic carbocycles. The zero-order valence-corrected chi connectivity index (χ0v) is 29.2. The Labute approximate surface area is 287 Å².